The SMILES string of the molecule is CCNC(C)(CC(C)SC1COC1)C(=O)OCC. The lowest BCUT2D eigenvalue weighted by Crippen LogP contribution is -2.52. The Morgan fingerprint density at radius 3 is 2.67 bits per heavy atom. The Labute approximate surface area is 114 Å². The van der Waals surface area contributed by atoms with Gasteiger partial charge in [-0.3, -0.25) is 4.79 Å². The summed E-state index contributed by atoms with van der Waals surface area (Å²) in [7, 11) is 0. The lowest BCUT2D eigenvalue weighted by molar-refractivity contribution is -0.150. The summed E-state index contributed by atoms with van der Waals surface area (Å²) in [5.74, 6) is -0.149. The number of carbonyl (C=O) groups excluding carboxylic acids is 1. The Morgan fingerprint density at radius 2 is 2.22 bits per heavy atom. The maximum atomic E-state index is 12.0. The van der Waals surface area contributed by atoms with Crippen LogP contribution in [0.5, 0.6) is 0 Å². The fraction of sp³-hybridized carbons (Fsp3) is 0.923. The van der Waals surface area contributed by atoms with Crippen LogP contribution >= 0.6 is 11.8 Å². The van der Waals surface area contributed by atoms with Gasteiger partial charge in [-0.1, -0.05) is 13.8 Å². The molecule has 0 saturated carbocycles. The van der Waals surface area contributed by atoms with Crippen LogP contribution in [0.25, 0.3) is 0 Å². The summed E-state index contributed by atoms with van der Waals surface area (Å²) in [5, 5.41) is 4.27. The molecular formula is C13H25NO3S. The van der Waals surface area contributed by atoms with Gasteiger partial charge >= 0.3 is 5.97 Å². The summed E-state index contributed by atoms with van der Waals surface area (Å²) in [6.07, 6.45) is 0.779. The molecule has 1 fully saturated rings. The van der Waals surface area contributed by atoms with E-state index in [0.29, 0.717) is 17.1 Å². The zero-order valence-corrected chi connectivity index (χ0v) is 12.6. The lowest BCUT2D eigenvalue weighted by atomic mass is 9.96. The molecule has 2 atom stereocenters. The van der Waals surface area contributed by atoms with E-state index in [9.17, 15) is 4.79 Å². The number of hydrogen-bond donors (Lipinski definition) is 1. The third-order valence-electron chi connectivity index (χ3n) is 3.02. The van der Waals surface area contributed by atoms with Crippen LogP contribution in [0, 0.1) is 0 Å². The van der Waals surface area contributed by atoms with E-state index in [2.05, 4.69) is 12.2 Å². The van der Waals surface area contributed by atoms with E-state index in [1.54, 1.807) is 0 Å². The van der Waals surface area contributed by atoms with Gasteiger partial charge in [0.25, 0.3) is 0 Å². The molecule has 4 nitrogen and oxygen atoms in total. The average Bonchev–Trinajstić information content (AvgIpc) is 2.24. The minimum atomic E-state index is -0.582. The highest BCUT2D eigenvalue weighted by atomic mass is 32.2. The number of ether oxygens (including phenoxy) is 2. The van der Waals surface area contributed by atoms with Gasteiger partial charge in [0.05, 0.1) is 25.1 Å². The van der Waals surface area contributed by atoms with E-state index in [4.69, 9.17) is 9.47 Å². The molecule has 0 aromatic heterocycles. The first-order valence-electron chi connectivity index (χ1n) is 6.67. The molecule has 18 heavy (non-hydrogen) atoms. The zero-order chi connectivity index (χ0) is 13.6. The molecule has 0 spiro atoms. The van der Waals surface area contributed by atoms with Crippen LogP contribution in [0.1, 0.15) is 34.1 Å². The number of nitrogens with one attached hydrogen (secondary N) is 1. The molecule has 2 unspecified atom stereocenters. The molecule has 1 N–H and O–H groups in total. The van der Waals surface area contributed by atoms with Crippen molar-refractivity contribution in [1.29, 1.82) is 0 Å². The van der Waals surface area contributed by atoms with E-state index in [1.165, 1.54) is 0 Å². The Morgan fingerprint density at radius 1 is 1.56 bits per heavy atom. The van der Waals surface area contributed by atoms with Crippen LogP contribution in [-0.2, 0) is 14.3 Å². The first kappa shape index (κ1) is 15.8. The first-order valence-corrected chi connectivity index (χ1v) is 7.61. The van der Waals surface area contributed by atoms with Gasteiger partial charge in [-0.15, -0.1) is 0 Å². The third kappa shape index (κ3) is 4.44. The Hall–Kier alpha value is -0.260. The van der Waals surface area contributed by atoms with Gasteiger partial charge in [-0.25, -0.2) is 0 Å². The zero-order valence-electron chi connectivity index (χ0n) is 11.8. The standard InChI is InChI=1S/C13H25NO3S/c1-5-14-13(4,12(15)17-6-2)7-10(3)18-11-8-16-9-11/h10-11,14H,5-9H2,1-4H3. The topological polar surface area (TPSA) is 47.6 Å². The Kier molecular flexibility index (Phi) is 6.46. The lowest BCUT2D eigenvalue weighted by Gasteiger charge is -2.33. The van der Waals surface area contributed by atoms with Gasteiger partial charge < -0.3 is 14.8 Å². The molecule has 1 aliphatic heterocycles. The molecule has 1 saturated heterocycles. The summed E-state index contributed by atoms with van der Waals surface area (Å²) in [6, 6.07) is 0. The molecule has 0 aromatic rings. The normalized spacial score (nSPS) is 20.9. The van der Waals surface area contributed by atoms with Crippen molar-refractivity contribution in [2.45, 2.75) is 50.2 Å². The maximum absolute atomic E-state index is 12.0. The summed E-state index contributed by atoms with van der Waals surface area (Å²) in [6.45, 7) is 10.8. The first-order chi connectivity index (χ1) is 8.51. The summed E-state index contributed by atoms with van der Waals surface area (Å²) in [4.78, 5) is 12.0. The smallest absolute Gasteiger partial charge is 0.326 e. The number of carbonyl (C=O) groups is 1. The fourth-order valence-electron chi connectivity index (χ4n) is 2.15. The van der Waals surface area contributed by atoms with Crippen molar-refractivity contribution in [2.75, 3.05) is 26.4 Å². The quantitative estimate of drug-likeness (QED) is 0.685. The van der Waals surface area contributed by atoms with E-state index >= 15 is 0 Å². The largest absolute Gasteiger partial charge is 0.465 e. The maximum Gasteiger partial charge on any atom is 0.326 e. The summed E-state index contributed by atoms with van der Waals surface area (Å²) >= 11 is 1.90. The average molecular weight is 275 g/mol. The number of likely N-dealkylation sites (N-methyl/N-ethyl adjacent to an activating group) is 1. The molecule has 5 heteroatoms. The van der Waals surface area contributed by atoms with Gasteiger partial charge in [0, 0.05) is 5.25 Å². The molecule has 1 rings (SSSR count). The van der Waals surface area contributed by atoms with Crippen LogP contribution in [0.4, 0.5) is 0 Å². The van der Waals surface area contributed by atoms with E-state index in [1.807, 2.05) is 32.5 Å². The molecule has 0 radical (unpaired) electrons. The van der Waals surface area contributed by atoms with Crippen molar-refractivity contribution in [2.24, 2.45) is 0 Å². The van der Waals surface area contributed by atoms with Crippen molar-refractivity contribution < 1.29 is 14.3 Å². The summed E-state index contributed by atoms with van der Waals surface area (Å²) in [5.41, 5.74) is -0.582. The second-order valence-corrected chi connectivity index (χ2v) is 6.64. The van der Waals surface area contributed by atoms with Crippen LogP contribution in [0.3, 0.4) is 0 Å². The summed E-state index contributed by atoms with van der Waals surface area (Å²) < 4.78 is 10.3. The monoisotopic (exact) mass is 275 g/mol. The highest BCUT2D eigenvalue weighted by Crippen LogP contribution is 2.29. The molecule has 1 heterocycles. The second-order valence-electron chi connectivity index (χ2n) is 4.89. The van der Waals surface area contributed by atoms with Gasteiger partial charge in [0.2, 0.25) is 0 Å². The van der Waals surface area contributed by atoms with E-state index in [-0.39, 0.29) is 5.97 Å². The van der Waals surface area contributed by atoms with Gasteiger partial charge in [-0.2, -0.15) is 11.8 Å². The number of esters is 1. The van der Waals surface area contributed by atoms with Crippen LogP contribution in [-0.4, -0.2) is 48.4 Å². The van der Waals surface area contributed by atoms with Crippen LogP contribution in [0.15, 0.2) is 0 Å². The highest BCUT2D eigenvalue weighted by Gasteiger charge is 2.36. The van der Waals surface area contributed by atoms with Crippen molar-refractivity contribution in [3.05, 3.63) is 0 Å². The predicted octanol–water partition coefficient (Wildman–Crippen LogP) is 1.83. The van der Waals surface area contributed by atoms with Gasteiger partial charge in [0.1, 0.15) is 5.54 Å². The highest BCUT2D eigenvalue weighted by molar-refractivity contribution is 8.00. The molecular weight excluding hydrogens is 250 g/mol. The van der Waals surface area contributed by atoms with Crippen LogP contribution < -0.4 is 5.32 Å². The number of hydrogen-bond acceptors (Lipinski definition) is 5. The molecule has 106 valence electrons. The molecule has 0 amide bonds. The Bertz CT molecular complexity index is 271. The number of rotatable bonds is 8. The Balaban J connectivity index is 2.50. The minimum Gasteiger partial charge on any atom is -0.465 e. The van der Waals surface area contributed by atoms with Gasteiger partial charge in [0.15, 0.2) is 0 Å². The van der Waals surface area contributed by atoms with Crippen molar-refractivity contribution in [3.63, 3.8) is 0 Å². The minimum absolute atomic E-state index is 0.149. The van der Waals surface area contributed by atoms with Crippen molar-refractivity contribution in [3.8, 4) is 0 Å². The molecule has 0 aliphatic carbocycles. The van der Waals surface area contributed by atoms with E-state index in [0.717, 1.165) is 26.2 Å². The molecule has 0 aromatic carbocycles. The van der Waals surface area contributed by atoms with Gasteiger partial charge in [-0.05, 0) is 26.8 Å². The van der Waals surface area contributed by atoms with Crippen molar-refractivity contribution in [1.82, 2.24) is 5.32 Å². The molecule has 1 aliphatic rings. The van der Waals surface area contributed by atoms with Crippen molar-refractivity contribution >= 4 is 17.7 Å². The number of thioether (sulfide) groups is 1. The predicted molar refractivity (Wildman–Crippen MR) is 75.0 cm³/mol. The van der Waals surface area contributed by atoms with E-state index < -0.39 is 5.54 Å². The van der Waals surface area contributed by atoms with Crippen LogP contribution in [0.2, 0.25) is 0 Å². The fourth-order valence-corrected chi connectivity index (χ4v) is 3.59. The third-order valence-corrected chi connectivity index (χ3v) is 4.31. The molecule has 0 bridgehead atoms. The second kappa shape index (κ2) is 7.36.